The number of carbonyl (C=O) groups excluding carboxylic acids is 2. The van der Waals surface area contributed by atoms with E-state index in [2.05, 4.69) is 5.32 Å². The highest BCUT2D eigenvalue weighted by Gasteiger charge is 2.09. The predicted octanol–water partition coefficient (Wildman–Crippen LogP) is 3.90. The van der Waals surface area contributed by atoms with E-state index in [0.29, 0.717) is 34.1 Å². The molecule has 0 saturated heterocycles. The minimum Gasteiger partial charge on any atom is -0.454 e. The maximum absolute atomic E-state index is 11.2. The Kier molecular flexibility index (Phi) is 4.38. The van der Waals surface area contributed by atoms with Gasteiger partial charge in [-0.2, -0.15) is 0 Å². The van der Waals surface area contributed by atoms with Gasteiger partial charge in [-0.25, -0.2) is 0 Å². The number of halogens is 1. The molecule has 0 unspecified atom stereocenters. The summed E-state index contributed by atoms with van der Waals surface area (Å²) in [5.74, 6) is 0.570. The average molecular weight is 290 g/mol. The predicted molar refractivity (Wildman–Crippen MR) is 77.7 cm³/mol. The number of hydrogen-bond donors (Lipinski definition) is 1. The molecule has 2 aromatic carbocycles. The first-order valence-corrected chi connectivity index (χ1v) is 6.27. The number of benzene rings is 2. The van der Waals surface area contributed by atoms with E-state index >= 15 is 0 Å². The van der Waals surface area contributed by atoms with Gasteiger partial charge in [-0.3, -0.25) is 9.59 Å². The maximum Gasteiger partial charge on any atom is 0.221 e. The molecule has 0 heterocycles. The Labute approximate surface area is 121 Å². The van der Waals surface area contributed by atoms with Crippen LogP contribution in [-0.4, -0.2) is 12.2 Å². The van der Waals surface area contributed by atoms with Gasteiger partial charge in [0.2, 0.25) is 5.91 Å². The normalized spacial score (nSPS) is 9.90. The molecule has 0 aliphatic heterocycles. The third-order valence-electron chi connectivity index (χ3n) is 2.52. The zero-order chi connectivity index (χ0) is 14.5. The van der Waals surface area contributed by atoms with Crippen LogP contribution >= 0.6 is 11.6 Å². The highest BCUT2D eigenvalue weighted by atomic mass is 35.5. The summed E-state index contributed by atoms with van der Waals surface area (Å²) < 4.78 is 5.68. The monoisotopic (exact) mass is 289 g/mol. The van der Waals surface area contributed by atoms with Crippen molar-refractivity contribution in [3.05, 3.63) is 53.1 Å². The van der Waals surface area contributed by atoms with Crippen molar-refractivity contribution in [2.24, 2.45) is 0 Å². The van der Waals surface area contributed by atoms with Crippen molar-refractivity contribution in [2.75, 3.05) is 5.32 Å². The Bertz CT molecular complexity index is 655. The summed E-state index contributed by atoms with van der Waals surface area (Å²) >= 11 is 5.90. The van der Waals surface area contributed by atoms with Gasteiger partial charge in [-0.05, 0) is 24.3 Å². The van der Waals surface area contributed by atoms with Crippen molar-refractivity contribution in [1.82, 2.24) is 0 Å². The smallest absolute Gasteiger partial charge is 0.221 e. The highest BCUT2D eigenvalue weighted by molar-refractivity contribution is 6.30. The molecule has 0 fully saturated rings. The first-order chi connectivity index (χ1) is 9.60. The summed E-state index contributed by atoms with van der Waals surface area (Å²) in [7, 11) is 0. The molecule has 2 rings (SSSR count). The van der Waals surface area contributed by atoms with Gasteiger partial charge in [0.1, 0.15) is 5.75 Å². The van der Waals surface area contributed by atoms with Gasteiger partial charge in [0.05, 0.1) is 11.3 Å². The third-order valence-corrected chi connectivity index (χ3v) is 2.76. The van der Waals surface area contributed by atoms with E-state index in [-0.39, 0.29) is 5.91 Å². The number of anilines is 1. The van der Waals surface area contributed by atoms with Crippen LogP contribution in [0, 0.1) is 0 Å². The lowest BCUT2D eigenvalue weighted by Crippen LogP contribution is -2.06. The summed E-state index contributed by atoms with van der Waals surface area (Å²) in [4.78, 5) is 22.1. The summed E-state index contributed by atoms with van der Waals surface area (Å²) in [5, 5.41) is 3.12. The van der Waals surface area contributed by atoms with Gasteiger partial charge in [-0.1, -0.05) is 23.7 Å². The van der Waals surface area contributed by atoms with Gasteiger partial charge < -0.3 is 10.1 Å². The molecule has 20 heavy (non-hydrogen) atoms. The second-order valence-corrected chi connectivity index (χ2v) is 4.52. The molecule has 0 radical (unpaired) electrons. The number of aldehydes is 1. The Hall–Kier alpha value is -2.33. The Morgan fingerprint density at radius 3 is 2.65 bits per heavy atom. The zero-order valence-electron chi connectivity index (χ0n) is 10.7. The molecule has 0 aliphatic rings. The van der Waals surface area contributed by atoms with E-state index in [1.165, 1.54) is 6.92 Å². The van der Waals surface area contributed by atoms with Crippen LogP contribution in [0.1, 0.15) is 17.3 Å². The Balaban J connectivity index is 2.37. The fourth-order valence-electron chi connectivity index (χ4n) is 1.66. The number of hydrogen-bond acceptors (Lipinski definition) is 3. The average Bonchev–Trinajstić information content (AvgIpc) is 2.41. The van der Waals surface area contributed by atoms with Crippen LogP contribution in [0.25, 0.3) is 0 Å². The quantitative estimate of drug-likeness (QED) is 0.868. The van der Waals surface area contributed by atoms with Crippen LogP contribution in [0.5, 0.6) is 11.5 Å². The first kappa shape index (κ1) is 14.1. The highest BCUT2D eigenvalue weighted by Crippen LogP contribution is 2.32. The molecule has 0 atom stereocenters. The first-order valence-electron chi connectivity index (χ1n) is 5.89. The number of rotatable bonds is 4. The zero-order valence-corrected chi connectivity index (χ0v) is 11.5. The minimum absolute atomic E-state index is 0.206. The molecule has 0 spiro atoms. The third kappa shape index (κ3) is 3.36. The molecular formula is C15H12ClNO3. The van der Waals surface area contributed by atoms with Crippen LogP contribution < -0.4 is 10.1 Å². The Morgan fingerprint density at radius 1 is 1.20 bits per heavy atom. The molecule has 0 bridgehead atoms. The molecule has 0 aliphatic carbocycles. The van der Waals surface area contributed by atoms with Crippen molar-refractivity contribution in [3.63, 3.8) is 0 Å². The summed E-state index contributed by atoms with van der Waals surface area (Å²) in [6, 6.07) is 11.7. The molecule has 5 heteroatoms. The number of nitrogens with one attached hydrogen (secondary N) is 1. The molecule has 4 nitrogen and oxygen atoms in total. The number of para-hydroxylation sites is 2. The number of carbonyl (C=O) groups is 2. The van der Waals surface area contributed by atoms with Crippen molar-refractivity contribution in [1.29, 1.82) is 0 Å². The molecule has 0 saturated carbocycles. The summed E-state index contributed by atoms with van der Waals surface area (Å²) in [5.41, 5.74) is 0.906. The van der Waals surface area contributed by atoms with Crippen LogP contribution in [0.4, 0.5) is 5.69 Å². The van der Waals surface area contributed by atoms with Gasteiger partial charge in [-0.15, -0.1) is 0 Å². The lowest BCUT2D eigenvalue weighted by atomic mass is 10.2. The lowest BCUT2D eigenvalue weighted by molar-refractivity contribution is -0.114. The molecule has 1 N–H and O–H groups in total. The van der Waals surface area contributed by atoms with Crippen molar-refractivity contribution in [3.8, 4) is 11.5 Å². The van der Waals surface area contributed by atoms with E-state index < -0.39 is 0 Å². The van der Waals surface area contributed by atoms with Crippen LogP contribution in [0.3, 0.4) is 0 Å². The number of amides is 1. The molecule has 102 valence electrons. The minimum atomic E-state index is -0.206. The SMILES string of the molecule is CC(=O)Nc1ccccc1Oc1cc(Cl)ccc1C=O. The molecule has 0 aromatic heterocycles. The standard InChI is InChI=1S/C15H12ClNO3/c1-10(19)17-13-4-2-3-5-14(13)20-15-8-12(16)7-6-11(15)9-18/h2-9H,1H3,(H,17,19). The van der Waals surface area contributed by atoms with Crippen LogP contribution in [0.2, 0.25) is 5.02 Å². The second kappa shape index (κ2) is 6.21. The van der Waals surface area contributed by atoms with Gasteiger partial charge >= 0.3 is 0 Å². The van der Waals surface area contributed by atoms with E-state index in [4.69, 9.17) is 16.3 Å². The Morgan fingerprint density at radius 2 is 1.95 bits per heavy atom. The fourth-order valence-corrected chi connectivity index (χ4v) is 1.82. The van der Waals surface area contributed by atoms with E-state index in [0.717, 1.165) is 0 Å². The topological polar surface area (TPSA) is 55.4 Å². The molecule has 2 aromatic rings. The van der Waals surface area contributed by atoms with E-state index in [1.807, 2.05) is 0 Å². The van der Waals surface area contributed by atoms with Crippen molar-refractivity contribution < 1.29 is 14.3 Å². The van der Waals surface area contributed by atoms with Gasteiger partial charge in [0, 0.05) is 18.0 Å². The second-order valence-electron chi connectivity index (χ2n) is 4.08. The van der Waals surface area contributed by atoms with Crippen molar-refractivity contribution in [2.45, 2.75) is 6.92 Å². The fraction of sp³-hybridized carbons (Fsp3) is 0.0667. The summed E-state index contributed by atoms with van der Waals surface area (Å²) in [6.45, 7) is 1.41. The maximum atomic E-state index is 11.2. The lowest BCUT2D eigenvalue weighted by Gasteiger charge is -2.12. The van der Waals surface area contributed by atoms with Crippen LogP contribution in [0.15, 0.2) is 42.5 Å². The van der Waals surface area contributed by atoms with Gasteiger partial charge in [0.25, 0.3) is 0 Å². The number of ether oxygens (including phenoxy) is 1. The van der Waals surface area contributed by atoms with E-state index in [9.17, 15) is 9.59 Å². The summed E-state index contributed by atoms with van der Waals surface area (Å²) in [6.07, 6.45) is 0.687. The van der Waals surface area contributed by atoms with Gasteiger partial charge in [0.15, 0.2) is 12.0 Å². The molecular weight excluding hydrogens is 278 g/mol. The largest absolute Gasteiger partial charge is 0.454 e. The van der Waals surface area contributed by atoms with Crippen molar-refractivity contribution >= 4 is 29.5 Å². The van der Waals surface area contributed by atoms with Crippen LogP contribution in [-0.2, 0) is 4.79 Å². The van der Waals surface area contributed by atoms with E-state index in [1.54, 1.807) is 42.5 Å². The molecule has 1 amide bonds.